The molecule has 0 saturated carbocycles. The zero-order valence-electron chi connectivity index (χ0n) is 18.5. The Balaban J connectivity index is 1.53. The molecule has 2 aromatic carbocycles. The van der Waals surface area contributed by atoms with Crippen molar-refractivity contribution in [3.05, 3.63) is 71.4 Å². The summed E-state index contributed by atoms with van der Waals surface area (Å²) in [6.07, 6.45) is 1.69. The maximum Gasteiger partial charge on any atom is 0.257 e. The first-order valence-electron chi connectivity index (χ1n) is 10.9. The van der Waals surface area contributed by atoms with Gasteiger partial charge in [-0.3, -0.25) is 9.78 Å². The van der Waals surface area contributed by atoms with Crippen LogP contribution in [-0.4, -0.2) is 57.5 Å². The Labute approximate surface area is 198 Å². The molecule has 33 heavy (non-hydrogen) atoms. The molecule has 1 aliphatic heterocycles. The van der Waals surface area contributed by atoms with Gasteiger partial charge < -0.3 is 25.0 Å². The smallest absolute Gasteiger partial charge is 0.257 e. The highest BCUT2D eigenvalue weighted by Gasteiger charge is 2.16. The molecule has 172 valence electrons. The third-order valence-corrected chi connectivity index (χ3v) is 5.72. The first-order valence-corrected chi connectivity index (χ1v) is 11.3. The number of pyridine rings is 1. The zero-order valence-corrected chi connectivity index (χ0v) is 19.3. The molecule has 2 N–H and O–H groups in total. The summed E-state index contributed by atoms with van der Waals surface area (Å²) >= 11 is 6.32. The van der Waals surface area contributed by atoms with E-state index in [2.05, 4.69) is 20.5 Å². The lowest BCUT2D eigenvalue weighted by atomic mass is 10.0. The fourth-order valence-electron chi connectivity index (χ4n) is 3.70. The van der Waals surface area contributed by atoms with E-state index < -0.39 is 0 Å². The van der Waals surface area contributed by atoms with E-state index in [0.717, 1.165) is 43.2 Å². The molecule has 1 aliphatic rings. The molecule has 2 heterocycles. The Morgan fingerprint density at radius 3 is 2.67 bits per heavy atom. The molecular weight excluding hydrogens is 440 g/mol. The number of benzene rings is 2. The number of halogens is 1. The number of carbonyl (C=O) groups is 1. The van der Waals surface area contributed by atoms with Gasteiger partial charge in [0, 0.05) is 55.6 Å². The Morgan fingerprint density at radius 1 is 1.15 bits per heavy atom. The van der Waals surface area contributed by atoms with Gasteiger partial charge in [0.15, 0.2) is 0 Å². The normalized spacial score (nSPS) is 13.6. The summed E-state index contributed by atoms with van der Waals surface area (Å²) in [7, 11) is 1.64. The number of methoxy groups -OCH3 is 1. The Hall–Kier alpha value is -3.13. The molecule has 1 saturated heterocycles. The third kappa shape index (κ3) is 5.82. The van der Waals surface area contributed by atoms with Gasteiger partial charge in [0.2, 0.25) is 0 Å². The van der Waals surface area contributed by atoms with E-state index in [0.29, 0.717) is 35.1 Å². The predicted molar refractivity (Wildman–Crippen MR) is 132 cm³/mol. The molecule has 0 radical (unpaired) electrons. The number of nitrogens with zero attached hydrogens (tertiary/aromatic N) is 2. The quantitative estimate of drug-likeness (QED) is 0.474. The number of morpholine rings is 1. The molecule has 0 unspecified atom stereocenters. The van der Waals surface area contributed by atoms with Crippen LogP contribution in [0.15, 0.2) is 60.8 Å². The number of hydrogen-bond acceptors (Lipinski definition) is 6. The molecule has 8 heteroatoms. The van der Waals surface area contributed by atoms with Gasteiger partial charge in [-0.1, -0.05) is 17.7 Å². The molecule has 3 aromatic rings. The van der Waals surface area contributed by atoms with Crippen molar-refractivity contribution >= 4 is 34.6 Å². The lowest BCUT2D eigenvalue weighted by molar-refractivity contribution is 0.102. The van der Waals surface area contributed by atoms with Gasteiger partial charge >= 0.3 is 0 Å². The third-order valence-electron chi connectivity index (χ3n) is 5.42. The number of anilines is 3. The topological polar surface area (TPSA) is 75.7 Å². The predicted octanol–water partition coefficient (Wildman–Crippen LogP) is 4.55. The molecule has 0 spiro atoms. The van der Waals surface area contributed by atoms with Crippen LogP contribution in [0.5, 0.6) is 0 Å². The van der Waals surface area contributed by atoms with Crippen molar-refractivity contribution in [1.82, 2.24) is 4.98 Å². The maximum atomic E-state index is 13.1. The van der Waals surface area contributed by atoms with Crippen molar-refractivity contribution in [2.75, 3.05) is 62.1 Å². The van der Waals surface area contributed by atoms with Crippen molar-refractivity contribution in [2.45, 2.75) is 0 Å². The van der Waals surface area contributed by atoms with E-state index >= 15 is 0 Å². The number of amides is 1. The highest BCUT2D eigenvalue weighted by Crippen LogP contribution is 2.30. The number of hydrogen-bond donors (Lipinski definition) is 2. The van der Waals surface area contributed by atoms with Crippen LogP contribution in [0.25, 0.3) is 11.3 Å². The minimum atomic E-state index is -0.201. The minimum absolute atomic E-state index is 0.201. The number of carbonyl (C=O) groups excluding carboxylic acids is 1. The van der Waals surface area contributed by atoms with Crippen LogP contribution < -0.4 is 15.5 Å². The van der Waals surface area contributed by atoms with E-state index in [9.17, 15) is 4.79 Å². The lowest BCUT2D eigenvalue weighted by Gasteiger charge is -2.28. The number of rotatable bonds is 8. The van der Waals surface area contributed by atoms with Gasteiger partial charge in [0.1, 0.15) is 0 Å². The zero-order chi connectivity index (χ0) is 23.0. The SMILES string of the molecule is COCCNc1cc(-c2ncccc2Cl)ccc1C(=O)Nc1ccc(N2CCOCC2)cc1. The van der Waals surface area contributed by atoms with Gasteiger partial charge in [-0.05, 0) is 48.5 Å². The molecular formula is C25H27ClN4O3. The van der Waals surface area contributed by atoms with Gasteiger partial charge in [0.25, 0.3) is 5.91 Å². The molecule has 1 fully saturated rings. The van der Waals surface area contributed by atoms with Crippen LogP contribution in [0.3, 0.4) is 0 Å². The number of ether oxygens (including phenoxy) is 2. The first-order chi connectivity index (χ1) is 16.2. The van der Waals surface area contributed by atoms with E-state index in [-0.39, 0.29) is 5.91 Å². The summed E-state index contributed by atoms with van der Waals surface area (Å²) in [6.45, 7) is 4.28. The average Bonchev–Trinajstić information content (AvgIpc) is 2.85. The summed E-state index contributed by atoms with van der Waals surface area (Å²) in [5, 5.41) is 6.84. The van der Waals surface area contributed by atoms with Crippen molar-refractivity contribution in [3.8, 4) is 11.3 Å². The average molecular weight is 467 g/mol. The summed E-state index contributed by atoms with van der Waals surface area (Å²) in [5.74, 6) is -0.201. The van der Waals surface area contributed by atoms with Crippen LogP contribution in [0.4, 0.5) is 17.1 Å². The van der Waals surface area contributed by atoms with E-state index in [1.807, 2.05) is 36.4 Å². The van der Waals surface area contributed by atoms with Crippen LogP contribution >= 0.6 is 11.6 Å². The molecule has 1 amide bonds. The van der Waals surface area contributed by atoms with E-state index in [4.69, 9.17) is 21.1 Å². The van der Waals surface area contributed by atoms with Crippen LogP contribution in [-0.2, 0) is 9.47 Å². The fourth-order valence-corrected chi connectivity index (χ4v) is 3.93. The van der Waals surface area contributed by atoms with Crippen LogP contribution in [0.1, 0.15) is 10.4 Å². The summed E-state index contributed by atoms with van der Waals surface area (Å²) in [6, 6.07) is 17.0. The van der Waals surface area contributed by atoms with Gasteiger partial charge in [-0.15, -0.1) is 0 Å². The van der Waals surface area contributed by atoms with Gasteiger partial charge in [0.05, 0.1) is 36.1 Å². The molecule has 0 atom stereocenters. The van der Waals surface area contributed by atoms with Crippen molar-refractivity contribution in [3.63, 3.8) is 0 Å². The summed E-state index contributed by atoms with van der Waals surface area (Å²) in [4.78, 5) is 19.8. The number of nitrogens with one attached hydrogen (secondary N) is 2. The second kappa shape index (κ2) is 11.1. The van der Waals surface area contributed by atoms with Crippen molar-refractivity contribution < 1.29 is 14.3 Å². The highest BCUT2D eigenvalue weighted by atomic mass is 35.5. The minimum Gasteiger partial charge on any atom is -0.383 e. The molecule has 1 aromatic heterocycles. The molecule has 0 aliphatic carbocycles. The fraction of sp³-hybridized carbons (Fsp3) is 0.280. The summed E-state index contributed by atoms with van der Waals surface area (Å²) < 4.78 is 10.6. The number of aromatic nitrogens is 1. The Kier molecular flexibility index (Phi) is 7.78. The molecule has 4 rings (SSSR count). The van der Waals surface area contributed by atoms with E-state index in [1.165, 1.54) is 0 Å². The molecule has 0 bridgehead atoms. The second-order valence-corrected chi connectivity index (χ2v) is 8.02. The Morgan fingerprint density at radius 2 is 1.94 bits per heavy atom. The maximum absolute atomic E-state index is 13.1. The monoisotopic (exact) mass is 466 g/mol. The summed E-state index contributed by atoms with van der Waals surface area (Å²) in [5.41, 5.74) is 4.56. The van der Waals surface area contributed by atoms with Gasteiger partial charge in [-0.2, -0.15) is 0 Å². The van der Waals surface area contributed by atoms with Crippen molar-refractivity contribution in [2.24, 2.45) is 0 Å². The van der Waals surface area contributed by atoms with E-state index in [1.54, 1.807) is 31.5 Å². The largest absolute Gasteiger partial charge is 0.383 e. The second-order valence-electron chi connectivity index (χ2n) is 7.61. The first kappa shape index (κ1) is 23.0. The van der Waals surface area contributed by atoms with Crippen molar-refractivity contribution in [1.29, 1.82) is 0 Å². The standard InChI is InChI=1S/C25H27ClN4O3/c1-32-14-11-27-23-17-18(24-22(26)3-2-10-28-24)4-9-21(23)25(31)29-19-5-7-20(8-6-19)30-12-15-33-16-13-30/h2-10,17,27H,11-16H2,1H3,(H,29,31). The van der Waals surface area contributed by atoms with Gasteiger partial charge in [-0.25, -0.2) is 0 Å². The highest BCUT2D eigenvalue weighted by molar-refractivity contribution is 6.33. The van der Waals surface area contributed by atoms with Crippen LogP contribution in [0.2, 0.25) is 5.02 Å². The Bertz CT molecular complexity index is 1090. The molecule has 7 nitrogen and oxygen atoms in total. The lowest BCUT2D eigenvalue weighted by Crippen LogP contribution is -2.36. The van der Waals surface area contributed by atoms with Crippen LogP contribution in [0, 0.1) is 0 Å².